The number of carbonyl (C=O) groups is 1. The van der Waals surface area contributed by atoms with Crippen LogP contribution in [0, 0.1) is 5.92 Å². The maximum atomic E-state index is 11.9. The van der Waals surface area contributed by atoms with Crippen molar-refractivity contribution in [3.8, 4) is 0 Å². The zero-order valence-corrected chi connectivity index (χ0v) is 9.88. The van der Waals surface area contributed by atoms with Crippen molar-refractivity contribution in [3.63, 3.8) is 0 Å². The van der Waals surface area contributed by atoms with E-state index in [2.05, 4.69) is 5.32 Å². The molecule has 2 bridgehead atoms. The summed E-state index contributed by atoms with van der Waals surface area (Å²) in [4.78, 5) is 11.9. The highest BCUT2D eigenvalue weighted by molar-refractivity contribution is 5.77. The summed E-state index contributed by atoms with van der Waals surface area (Å²) in [6, 6.07) is 0.504. The second kappa shape index (κ2) is 3.78. The molecule has 3 aliphatic rings. The Hall–Kier alpha value is -0.570. The van der Waals surface area contributed by atoms with Crippen molar-refractivity contribution in [3.05, 3.63) is 0 Å². The first-order chi connectivity index (χ1) is 6.96. The van der Waals surface area contributed by atoms with Crippen molar-refractivity contribution in [2.75, 3.05) is 0 Å². The molecule has 0 radical (unpaired) electrons. The van der Waals surface area contributed by atoms with Crippen LogP contribution in [0.25, 0.3) is 0 Å². The van der Waals surface area contributed by atoms with Gasteiger partial charge in [0.05, 0.1) is 0 Å². The fourth-order valence-corrected chi connectivity index (χ4v) is 2.63. The van der Waals surface area contributed by atoms with Gasteiger partial charge in [0.15, 0.2) is 0 Å². The average molecular weight is 211 g/mol. The highest BCUT2D eigenvalue weighted by Gasteiger charge is 2.40. The van der Waals surface area contributed by atoms with Crippen LogP contribution in [0.15, 0.2) is 0 Å². The smallest absolute Gasteiger partial charge is 0.323 e. The van der Waals surface area contributed by atoms with Gasteiger partial charge >= 0.3 is 5.97 Å². The highest BCUT2D eigenvalue weighted by atomic mass is 16.6. The number of ether oxygens (including phenoxy) is 1. The summed E-state index contributed by atoms with van der Waals surface area (Å²) in [6.07, 6.45) is 4.82. The van der Waals surface area contributed by atoms with Gasteiger partial charge in [0.2, 0.25) is 0 Å². The van der Waals surface area contributed by atoms with Crippen molar-refractivity contribution in [1.29, 1.82) is 0 Å². The Labute approximate surface area is 91.6 Å². The van der Waals surface area contributed by atoms with Crippen LogP contribution in [-0.2, 0) is 9.53 Å². The number of carbonyl (C=O) groups excluding carboxylic acids is 1. The summed E-state index contributed by atoms with van der Waals surface area (Å²) in [5, 5.41) is 3.40. The molecule has 3 nitrogen and oxygen atoms in total. The first kappa shape index (κ1) is 10.9. The van der Waals surface area contributed by atoms with E-state index in [1.165, 1.54) is 25.7 Å². The summed E-state index contributed by atoms with van der Waals surface area (Å²) in [5.41, 5.74) is -0.366. The van der Waals surface area contributed by atoms with E-state index in [1.807, 2.05) is 20.8 Å². The molecule has 2 saturated heterocycles. The molecule has 1 atom stereocenters. The van der Waals surface area contributed by atoms with E-state index in [0.29, 0.717) is 12.0 Å². The van der Waals surface area contributed by atoms with Gasteiger partial charge < -0.3 is 10.1 Å². The lowest BCUT2D eigenvalue weighted by Crippen LogP contribution is -2.57. The third-order valence-corrected chi connectivity index (χ3v) is 3.32. The van der Waals surface area contributed by atoms with E-state index < -0.39 is 0 Å². The van der Waals surface area contributed by atoms with Gasteiger partial charge in [-0.25, -0.2) is 0 Å². The molecule has 2 heterocycles. The molecular weight excluding hydrogens is 190 g/mol. The molecule has 1 unspecified atom stereocenters. The Bertz CT molecular complexity index is 249. The molecule has 0 aromatic carbocycles. The second-order valence-electron chi connectivity index (χ2n) is 5.79. The Morgan fingerprint density at radius 1 is 1.20 bits per heavy atom. The van der Waals surface area contributed by atoms with Crippen LogP contribution >= 0.6 is 0 Å². The quantitative estimate of drug-likeness (QED) is 0.673. The normalized spacial score (nSPS) is 35.3. The van der Waals surface area contributed by atoms with Gasteiger partial charge in [0.1, 0.15) is 11.6 Å². The zero-order valence-electron chi connectivity index (χ0n) is 9.88. The van der Waals surface area contributed by atoms with E-state index >= 15 is 0 Å². The summed E-state index contributed by atoms with van der Waals surface area (Å²) < 4.78 is 5.43. The zero-order chi connectivity index (χ0) is 11.1. The van der Waals surface area contributed by atoms with Crippen molar-refractivity contribution >= 4 is 5.97 Å². The minimum atomic E-state index is -0.366. The molecule has 0 amide bonds. The van der Waals surface area contributed by atoms with Gasteiger partial charge in [0.25, 0.3) is 0 Å². The molecule has 86 valence electrons. The lowest BCUT2D eigenvalue weighted by molar-refractivity contribution is -0.161. The van der Waals surface area contributed by atoms with Crippen LogP contribution in [0.3, 0.4) is 0 Å². The molecule has 1 saturated carbocycles. The minimum Gasteiger partial charge on any atom is -0.459 e. The Morgan fingerprint density at radius 2 is 1.80 bits per heavy atom. The Balaban J connectivity index is 1.96. The van der Waals surface area contributed by atoms with E-state index in [-0.39, 0.29) is 17.6 Å². The SMILES string of the molecule is CC(C)(C)OC(=O)C1NC2CCC1CC2. The molecule has 0 aromatic rings. The Kier molecular flexibility index (Phi) is 2.75. The lowest BCUT2D eigenvalue weighted by Gasteiger charge is -2.42. The van der Waals surface area contributed by atoms with E-state index in [0.717, 1.165) is 0 Å². The monoisotopic (exact) mass is 211 g/mol. The van der Waals surface area contributed by atoms with Gasteiger partial charge in [-0.3, -0.25) is 4.79 Å². The maximum Gasteiger partial charge on any atom is 0.323 e. The number of fused-ring (bicyclic) bond motifs is 3. The van der Waals surface area contributed by atoms with Gasteiger partial charge in [-0.05, 0) is 52.4 Å². The summed E-state index contributed by atoms with van der Waals surface area (Å²) >= 11 is 0. The van der Waals surface area contributed by atoms with Gasteiger partial charge in [-0.15, -0.1) is 0 Å². The van der Waals surface area contributed by atoms with Crippen LogP contribution in [0.5, 0.6) is 0 Å². The van der Waals surface area contributed by atoms with Gasteiger partial charge in [-0.1, -0.05) is 0 Å². The molecule has 3 fully saturated rings. The molecule has 1 aliphatic carbocycles. The van der Waals surface area contributed by atoms with Crippen LogP contribution in [-0.4, -0.2) is 23.7 Å². The molecule has 0 aromatic heterocycles. The first-order valence-corrected chi connectivity index (χ1v) is 5.94. The number of rotatable bonds is 1. The fourth-order valence-electron chi connectivity index (χ4n) is 2.63. The van der Waals surface area contributed by atoms with E-state index in [9.17, 15) is 4.79 Å². The van der Waals surface area contributed by atoms with Gasteiger partial charge in [-0.2, -0.15) is 0 Å². The molecule has 3 heteroatoms. The number of esters is 1. The number of hydrogen-bond donors (Lipinski definition) is 1. The number of nitrogens with one attached hydrogen (secondary N) is 1. The summed E-state index contributed by atoms with van der Waals surface area (Å²) in [7, 11) is 0. The standard InChI is InChI=1S/C12H21NO2/c1-12(2,3)15-11(14)10-8-4-6-9(13-10)7-5-8/h8-10,13H,4-7H2,1-3H3. The van der Waals surface area contributed by atoms with Gasteiger partial charge in [0, 0.05) is 6.04 Å². The van der Waals surface area contributed by atoms with Crippen molar-refractivity contribution in [2.24, 2.45) is 5.92 Å². The second-order valence-corrected chi connectivity index (χ2v) is 5.79. The number of piperidine rings is 2. The Morgan fingerprint density at radius 3 is 2.20 bits per heavy atom. The first-order valence-electron chi connectivity index (χ1n) is 5.94. The summed E-state index contributed by atoms with van der Waals surface area (Å²) in [5.74, 6) is 0.446. The van der Waals surface area contributed by atoms with E-state index in [1.54, 1.807) is 0 Å². The maximum absolute atomic E-state index is 11.9. The number of hydrogen-bond acceptors (Lipinski definition) is 3. The fraction of sp³-hybridized carbons (Fsp3) is 0.917. The van der Waals surface area contributed by atoms with Crippen molar-refractivity contribution in [2.45, 2.75) is 64.1 Å². The molecule has 15 heavy (non-hydrogen) atoms. The average Bonchev–Trinajstić information content (AvgIpc) is 2.17. The topological polar surface area (TPSA) is 38.3 Å². The molecule has 2 aliphatic heterocycles. The minimum absolute atomic E-state index is 0.0447. The molecular formula is C12H21NO2. The molecule has 1 N–H and O–H groups in total. The van der Waals surface area contributed by atoms with Crippen LogP contribution < -0.4 is 5.32 Å². The summed E-state index contributed by atoms with van der Waals surface area (Å²) in [6.45, 7) is 5.77. The highest BCUT2D eigenvalue weighted by Crippen LogP contribution is 2.33. The van der Waals surface area contributed by atoms with Crippen LogP contribution in [0.4, 0.5) is 0 Å². The molecule has 3 rings (SSSR count). The van der Waals surface area contributed by atoms with E-state index in [4.69, 9.17) is 4.74 Å². The predicted molar refractivity (Wildman–Crippen MR) is 58.5 cm³/mol. The third-order valence-electron chi connectivity index (χ3n) is 3.32. The third kappa shape index (κ3) is 2.51. The van der Waals surface area contributed by atoms with Crippen LogP contribution in [0.2, 0.25) is 0 Å². The largest absolute Gasteiger partial charge is 0.459 e. The van der Waals surface area contributed by atoms with Crippen molar-refractivity contribution in [1.82, 2.24) is 5.32 Å². The predicted octanol–water partition coefficient (Wildman–Crippen LogP) is 1.86. The lowest BCUT2D eigenvalue weighted by atomic mass is 9.76. The molecule has 0 spiro atoms. The van der Waals surface area contributed by atoms with Crippen molar-refractivity contribution < 1.29 is 9.53 Å². The van der Waals surface area contributed by atoms with Crippen LogP contribution in [0.1, 0.15) is 46.5 Å².